The molecule has 1 aromatic heterocycles. The van der Waals surface area contributed by atoms with Gasteiger partial charge >= 0.3 is 5.97 Å². The van der Waals surface area contributed by atoms with Gasteiger partial charge in [-0.3, -0.25) is 0 Å². The first-order valence-corrected chi connectivity index (χ1v) is 4.53. The second-order valence-corrected chi connectivity index (χ2v) is 3.19. The molecule has 5 nitrogen and oxygen atoms in total. The molecule has 0 aliphatic carbocycles. The number of benzene rings is 1. The van der Waals surface area contributed by atoms with Crippen LogP contribution in [0.2, 0.25) is 0 Å². The van der Waals surface area contributed by atoms with Gasteiger partial charge in [0, 0.05) is 17.0 Å². The highest BCUT2D eigenvalue weighted by Gasteiger charge is 2.15. The molecular weight excluding hydrogens is 210 g/mol. The highest BCUT2D eigenvalue weighted by molar-refractivity contribution is 6.07. The maximum atomic E-state index is 11.0. The van der Waals surface area contributed by atoms with Crippen molar-refractivity contribution in [2.24, 2.45) is 0 Å². The van der Waals surface area contributed by atoms with E-state index in [0.29, 0.717) is 5.39 Å². The van der Waals surface area contributed by atoms with Gasteiger partial charge in [-0.25, -0.2) is 9.78 Å². The molecule has 0 aliphatic rings. The Bertz CT molecular complexity index is 565. The van der Waals surface area contributed by atoms with Crippen LogP contribution in [-0.2, 0) is 0 Å². The van der Waals surface area contributed by atoms with Crippen LogP contribution in [0.4, 0.5) is 0 Å². The van der Waals surface area contributed by atoms with E-state index in [0.717, 1.165) is 0 Å². The van der Waals surface area contributed by atoms with Crippen LogP contribution in [0.25, 0.3) is 10.8 Å². The first kappa shape index (κ1) is 10.2. The van der Waals surface area contributed by atoms with E-state index in [2.05, 4.69) is 4.98 Å². The zero-order valence-corrected chi connectivity index (χ0v) is 8.47. The lowest BCUT2D eigenvalue weighted by molar-refractivity contribution is 0.0698. The van der Waals surface area contributed by atoms with Crippen molar-refractivity contribution in [2.75, 3.05) is 7.11 Å². The van der Waals surface area contributed by atoms with Crippen LogP contribution in [-0.4, -0.2) is 28.3 Å². The summed E-state index contributed by atoms with van der Waals surface area (Å²) in [6.07, 6.45) is 1.17. The van der Waals surface area contributed by atoms with Gasteiger partial charge in [-0.05, 0) is 12.1 Å². The average Bonchev–Trinajstić information content (AvgIpc) is 2.28. The summed E-state index contributed by atoms with van der Waals surface area (Å²) in [5.41, 5.74) is -0.0473. The number of phenolic OH excluding ortho intramolecular Hbond substituents is 1. The van der Waals surface area contributed by atoms with E-state index in [1.165, 1.54) is 19.4 Å². The number of rotatable bonds is 2. The van der Waals surface area contributed by atoms with Crippen LogP contribution in [0.1, 0.15) is 10.4 Å². The van der Waals surface area contributed by atoms with Crippen molar-refractivity contribution in [3.63, 3.8) is 0 Å². The molecule has 1 aromatic carbocycles. The highest BCUT2D eigenvalue weighted by Crippen LogP contribution is 2.32. The molecule has 2 aromatic rings. The quantitative estimate of drug-likeness (QED) is 0.802. The maximum Gasteiger partial charge on any atom is 0.338 e. The molecular formula is C11H9NO4. The fourth-order valence-corrected chi connectivity index (χ4v) is 1.58. The normalized spacial score (nSPS) is 10.3. The van der Waals surface area contributed by atoms with E-state index >= 15 is 0 Å². The molecule has 5 heteroatoms. The van der Waals surface area contributed by atoms with Gasteiger partial charge in [-0.15, -0.1) is 0 Å². The Morgan fingerprint density at radius 3 is 2.81 bits per heavy atom. The predicted octanol–water partition coefficient (Wildman–Crippen LogP) is 1.65. The summed E-state index contributed by atoms with van der Waals surface area (Å²) in [7, 11) is 1.44. The number of pyridine rings is 1. The van der Waals surface area contributed by atoms with Crippen LogP contribution in [0.3, 0.4) is 0 Å². The minimum atomic E-state index is -1.14. The van der Waals surface area contributed by atoms with Crippen molar-refractivity contribution in [3.8, 4) is 11.6 Å². The summed E-state index contributed by atoms with van der Waals surface area (Å²) in [6.45, 7) is 0. The molecule has 16 heavy (non-hydrogen) atoms. The molecule has 0 fully saturated rings. The van der Waals surface area contributed by atoms with E-state index in [9.17, 15) is 9.90 Å². The summed E-state index contributed by atoms with van der Waals surface area (Å²) in [6, 6.07) is 4.68. The lowest BCUT2D eigenvalue weighted by atomic mass is 10.1. The summed E-state index contributed by atoms with van der Waals surface area (Å²) < 4.78 is 5.00. The topological polar surface area (TPSA) is 79.7 Å². The summed E-state index contributed by atoms with van der Waals surface area (Å²) in [5.74, 6) is -0.951. The number of hydrogen-bond acceptors (Lipinski definition) is 4. The third-order valence-electron chi connectivity index (χ3n) is 2.28. The number of hydrogen-bond donors (Lipinski definition) is 2. The van der Waals surface area contributed by atoms with Gasteiger partial charge in [0.05, 0.1) is 12.7 Å². The third-order valence-corrected chi connectivity index (χ3v) is 2.28. The summed E-state index contributed by atoms with van der Waals surface area (Å²) in [5, 5.41) is 19.4. The van der Waals surface area contributed by atoms with Gasteiger partial charge in [-0.2, -0.15) is 0 Å². The van der Waals surface area contributed by atoms with E-state index < -0.39 is 5.97 Å². The van der Waals surface area contributed by atoms with Crippen molar-refractivity contribution in [2.45, 2.75) is 0 Å². The third kappa shape index (κ3) is 1.42. The maximum absolute atomic E-state index is 11.0. The van der Waals surface area contributed by atoms with Crippen molar-refractivity contribution in [1.82, 2.24) is 4.98 Å². The molecule has 82 valence electrons. The largest absolute Gasteiger partial charge is 0.507 e. The molecule has 1 heterocycles. The lowest BCUT2D eigenvalue weighted by Crippen LogP contribution is -2.00. The Labute approximate surface area is 90.9 Å². The number of fused-ring (bicyclic) bond motifs is 1. The monoisotopic (exact) mass is 219 g/mol. The molecule has 0 unspecified atom stereocenters. The van der Waals surface area contributed by atoms with Crippen LogP contribution in [0.15, 0.2) is 24.4 Å². The number of carboxylic acids is 1. The summed E-state index contributed by atoms with van der Waals surface area (Å²) >= 11 is 0. The van der Waals surface area contributed by atoms with Crippen LogP contribution in [0, 0.1) is 0 Å². The van der Waals surface area contributed by atoms with Gasteiger partial charge in [0.1, 0.15) is 5.75 Å². The first-order valence-electron chi connectivity index (χ1n) is 4.53. The van der Waals surface area contributed by atoms with Crippen molar-refractivity contribution in [1.29, 1.82) is 0 Å². The molecule has 2 rings (SSSR count). The first-order chi connectivity index (χ1) is 7.65. The van der Waals surface area contributed by atoms with Crippen LogP contribution < -0.4 is 4.74 Å². The summed E-state index contributed by atoms with van der Waals surface area (Å²) in [4.78, 5) is 14.8. The molecule has 0 amide bonds. The number of methoxy groups -OCH3 is 1. The Morgan fingerprint density at radius 2 is 2.19 bits per heavy atom. The van der Waals surface area contributed by atoms with Gasteiger partial charge in [-0.1, -0.05) is 6.07 Å². The second-order valence-electron chi connectivity index (χ2n) is 3.19. The van der Waals surface area contributed by atoms with E-state index in [1.807, 2.05) is 0 Å². The molecule has 2 N–H and O–H groups in total. The minimum absolute atomic E-state index is 0.0473. The predicted molar refractivity (Wildman–Crippen MR) is 56.9 cm³/mol. The van der Waals surface area contributed by atoms with Gasteiger partial charge in [0.15, 0.2) is 0 Å². The molecule has 0 saturated heterocycles. The van der Waals surface area contributed by atoms with Gasteiger partial charge in [0.2, 0.25) is 5.88 Å². The van der Waals surface area contributed by atoms with Crippen molar-refractivity contribution < 1.29 is 19.7 Å². The van der Waals surface area contributed by atoms with Crippen molar-refractivity contribution in [3.05, 3.63) is 30.0 Å². The Kier molecular flexibility index (Phi) is 2.36. The number of aromatic carboxylic acids is 1. The second kappa shape index (κ2) is 3.69. The number of nitrogens with zero attached hydrogens (tertiary/aromatic N) is 1. The zero-order chi connectivity index (χ0) is 11.7. The fraction of sp³-hybridized carbons (Fsp3) is 0.0909. The molecule has 0 radical (unpaired) electrons. The van der Waals surface area contributed by atoms with E-state index in [1.54, 1.807) is 12.1 Å². The minimum Gasteiger partial charge on any atom is -0.507 e. The highest BCUT2D eigenvalue weighted by atomic mass is 16.5. The van der Waals surface area contributed by atoms with Gasteiger partial charge < -0.3 is 14.9 Å². The SMILES string of the molecule is COc1ncc(C(=O)O)c2c(O)cccc12. The molecule has 0 atom stereocenters. The number of carbonyl (C=O) groups is 1. The van der Waals surface area contributed by atoms with Gasteiger partial charge in [0.25, 0.3) is 0 Å². The van der Waals surface area contributed by atoms with E-state index in [-0.39, 0.29) is 22.6 Å². The van der Waals surface area contributed by atoms with E-state index in [4.69, 9.17) is 9.84 Å². The fourth-order valence-electron chi connectivity index (χ4n) is 1.58. The lowest BCUT2D eigenvalue weighted by Gasteiger charge is -2.07. The van der Waals surface area contributed by atoms with Crippen LogP contribution in [0.5, 0.6) is 11.6 Å². The zero-order valence-electron chi connectivity index (χ0n) is 8.47. The molecule has 0 saturated carbocycles. The molecule has 0 bridgehead atoms. The van der Waals surface area contributed by atoms with Crippen molar-refractivity contribution >= 4 is 16.7 Å². The Morgan fingerprint density at radius 1 is 1.44 bits per heavy atom. The standard InChI is InChI=1S/C11H9NO4/c1-16-10-6-3-2-4-8(13)9(6)7(5-12-10)11(14)15/h2-5,13H,1H3,(H,14,15). The smallest absolute Gasteiger partial charge is 0.338 e. The van der Waals surface area contributed by atoms with Crippen LogP contribution >= 0.6 is 0 Å². The Balaban J connectivity index is 2.92. The molecule has 0 spiro atoms. The number of ether oxygens (including phenoxy) is 1. The Hall–Kier alpha value is -2.30. The number of aromatic nitrogens is 1. The average molecular weight is 219 g/mol. The number of carboxylic acid groups (broad SMARTS) is 1. The molecule has 0 aliphatic heterocycles. The number of aromatic hydroxyl groups is 1. The number of phenols is 1.